The van der Waals surface area contributed by atoms with Gasteiger partial charge in [-0.05, 0) is 36.0 Å². The fourth-order valence-corrected chi connectivity index (χ4v) is 2.36. The van der Waals surface area contributed by atoms with E-state index in [2.05, 4.69) is 62.8 Å². The number of aromatic nitrogens is 2. The molecule has 0 saturated carbocycles. The summed E-state index contributed by atoms with van der Waals surface area (Å²) >= 11 is 0. The lowest BCUT2D eigenvalue weighted by Gasteiger charge is -2.22. The number of rotatable bonds is 1. The minimum Gasteiger partial charge on any atom is -0.343 e. The quantitative estimate of drug-likeness (QED) is 0.839. The molecule has 0 unspecified atom stereocenters. The Labute approximate surface area is 114 Å². The van der Waals surface area contributed by atoms with Crippen molar-refractivity contribution in [2.45, 2.75) is 40.0 Å². The van der Waals surface area contributed by atoms with Gasteiger partial charge in [0.25, 0.3) is 0 Å². The van der Waals surface area contributed by atoms with Crippen molar-refractivity contribution in [2.75, 3.05) is 0 Å². The van der Waals surface area contributed by atoms with Gasteiger partial charge in [0.1, 0.15) is 6.07 Å². The van der Waals surface area contributed by atoms with Crippen LogP contribution in [0.2, 0.25) is 0 Å². The molecule has 0 radical (unpaired) electrons. The maximum atomic E-state index is 9.10. The molecule has 0 saturated heterocycles. The minimum atomic E-state index is 0.125. The molecule has 1 N–H and O–H groups in total. The van der Waals surface area contributed by atoms with Crippen molar-refractivity contribution in [3.8, 4) is 17.3 Å². The number of benzene rings is 1. The lowest BCUT2D eigenvalue weighted by Crippen LogP contribution is -2.12. The van der Waals surface area contributed by atoms with Crippen molar-refractivity contribution in [2.24, 2.45) is 0 Å². The summed E-state index contributed by atoms with van der Waals surface area (Å²) in [5, 5.41) is 9.10. The second-order valence-corrected chi connectivity index (χ2v) is 5.97. The Hall–Kier alpha value is -2.08. The first kappa shape index (κ1) is 13.4. The fraction of sp³-hybridized carbons (Fsp3) is 0.375. The Bertz CT molecular complexity index is 628. The molecule has 1 aromatic carbocycles. The van der Waals surface area contributed by atoms with Crippen molar-refractivity contribution in [1.29, 1.82) is 5.26 Å². The molecular formula is C16H19N3. The van der Waals surface area contributed by atoms with Gasteiger partial charge in [-0.25, -0.2) is 4.98 Å². The zero-order valence-electron chi connectivity index (χ0n) is 12.1. The Morgan fingerprint density at radius 1 is 1.16 bits per heavy atom. The molecule has 0 aliphatic rings. The molecule has 98 valence electrons. The summed E-state index contributed by atoms with van der Waals surface area (Å²) in [4.78, 5) is 7.13. The van der Waals surface area contributed by atoms with E-state index in [1.807, 2.05) is 0 Å². The standard InChI is InChI=1S/C16H19N3/c1-10-6-12(16(3,4)5)7-11(2)14(10)15-13(8-17)18-9-19-15/h6-7,9H,1-5H3,(H,18,19). The molecule has 3 nitrogen and oxygen atoms in total. The fourth-order valence-electron chi connectivity index (χ4n) is 2.36. The topological polar surface area (TPSA) is 52.5 Å². The van der Waals surface area contributed by atoms with E-state index < -0.39 is 0 Å². The average molecular weight is 253 g/mol. The highest BCUT2D eigenvalue weighted by Crippen LogP contribution is 2.32. The average Bonchev–Trinajstić information content (AvgIpc) is 2.75. The van der Waals surface area contributed by atoms with Gasteiger partial charge >= 0.3 is 0 Å². The molecular weight excluding hydrogens is 234 g/mol. The maximum Gasteiger partial charge on any atom is 0.166 e. The van der Waals surface area contributed by atoms with Gasteiger partial charge in [-0.1, -0.05) is 32.9 Å². The van der Waals surface area contributed by atoms with Crippen LogP contribution in [0.3, 0.4) is 0 Å². The summed E-state index contributed by atoms with van der Waals surface area (Å²) in [6.07, 6.45) is 1.57. The molecule has 3 heteroatoms. The van der Waals surface area contributed by atoms with Crippen LogP contribution in [0.1, 0.15) is 43.2 Å². The van der Waals surface area contributed by atoms with Crippen molar-refractivity contribution in [1.82, 2.24) is 9.97 Å². The van der Waals surface area contributed by atoms with Gasteiger partial charge in [0.2, 0.25) is 0 Å². The molecule has 2 rings (SSSR count). The van der Waals surface area contributed by atoms with Gasteiger partial charge in [-0.3, -0.25) is 0 Å². The van der Waals surface area contributed by atoms with Crippen molar-refractivity contribution in [3.63, 3.8) is 0 Å². The molecule has 0 bridgehead atoms. The molecule has 19 heavy (non-hydrogen) atoms. The summed E-state index contributed by atoms with van der Waals surface area (Å²) in [5.74, 6) is 0. The van der Waals surface area contributed by atoms with Crippen LogP contribution in [0.15, 0.2) is 18.5 Å². The van der Waals surface area contributed by atoms with Crippen LogP contribution in [0.5, 0.6) is 0 Å². The Morgan fingerprint density at radius 2 is 1.74 bits per heavy atom. The third kappa shape index (κ3) is 2.39. The molecule has 1 heterocycles. The van der Waals surface area contributed by atoms with Crippen LogP contribution < -0.4 is 0 Å². The summed E-state index contributed by atoms with van der Waals surface area (Å²) in [7, 11) is 0. The second-order valence-electron chi connectivity index (χ2n) is 5.97. The van der Waals surface area contributed by atoms with Gasteiger partial charge in [0.05, 0.1) is 12.0 Å². The lowest BCUT2D eigenvalue weighted by molar-refractivity contribution is 0.589. The highest BCUT2D eigenvalue weighted by atomic mass is 14.9. The summed E-state index contributed by atoms with van der Waals surface area (Å²) in [5.41, 5.74) is 6.13. The molecule has 2 aromatic rings. The Kier molecular flexibility index (Phi) is 3.20. The van der Waals surface area contributed by atoms with Crippen molar-refractivity contribution >= 4 is 0 Å². The zero-order valence-corrected chi connectivity index (χ0v) is 12.1. The van der Waals surface area contributed by atoms with Gasteiger partial charge in [0, 0.05) is 5.56 Å². The number of imidazole rings is 1. The van der Waals surface area contributed by atoms with Crippen LogP contribution in [0.25, 0.3) is 11.3 Å². The normalized spacial score (nSPS) is 11.4. The Balaban J connectivity index is 2.65. The Morgan fingerprint density at radius 3 is 2.21 bits per heavy atom. The molecule has 1 aromatic heterocycles. The minimum absolute atomic E-state index is 0.125. The highest BCUT2D eigenvalue weighted by Gasteiger charge is 2.18. The van der Waals surface area contributed by atoms with Crippen molar-refractivity contribution in [3.05, 3.63) is 40.8 Å². The van der Waals surface area contributed by atoms with Crippen LogP contribution in [0.4, 0.5) is 0 Å². The van der Waals surface area contributed by atoms with E-state index >= 15 is 0 Å². The predicted molar refractivity (Wildman–Crippen MR) is 76.9 cm³/mol. The van der Waals surface area contributed by atoms with E-state index in [4.69, 9.17) is 5.26 Å². The molecule has 0 spiro atoms. The van der Waals surface area contributed by atoms with E-state index in [1.54, 1.807) is 6.33 Å². The summed E-state index contributed by atoms with van der Waals surface area (Å²) in [6, 6.07) is 6.53. The molecule has 0 aliphatic heterocycles. The van der Waals surface area contributed by atoms with Crippen LogP contribution in [0, 0.1) is 25.2 Å². The van der Waals surface area contributed by atoms with E-state index in [9.17, 15) is 0 Å². The highest BCUT2D eigenvalue weighted by molar-refractivity contribution is 5.72. The van der Waals surface area contributed by atoms with Gasteiger partial charge in [-0.15, -0.1) is 0 Å². The first-order valence-electron chi connectivity index (χ1n) is 6.40. The molecule has 0 fully saturated rings. The zero-order chi connectivity index (χ0) is 14.2. The SMILES string of the molecule is Cc1cc(C(C)(C)C)cc(C)c1-c1[nH]cnc1C#N. The van der Waals surface area contributed by atoms with Crippen LogP contribution in [-0.4, -0.2) is 9.97 Å². The first-order chi connectivity index (χ1) is 8.84. The number of H-pyrrole nitrogens is 1. The number of hydrogen-bond donors (Lipinski definition) is 1. The maximum absolute atomic E-state index is 9.10. The van der Waals surface area contributed by atoms with Gasteiger partial charge in [-0.2, -0.15) is 5.26 Å². The number of hydrogen-bond acceptors (Lipinski definition) is 2. The van der Waals surface area contributed by atoms with E-state index in [0.717, 1.165) is 11.3 Å². The summed E-state index contributed by atoms with van der Waals surface area (Å²) < 4.78 is 0. The van der Waals surface area contributed by atoms with Crippen molar-refractivity contribution < 1.29 is 0 Å². The van der Waals surface area contributed by atoms with E-state index in [0.29, 0.717) is 5.69 Å². The molecule has 0 aliphatic carbocycles. The predicted octanol–water partition coefficient (Wildman–Crippen LogP) is 3.86. The number of aromatic amines is 1. The smallest absolute Gasteiger partial charge is 0.166 e. The van der Waals surface area contributed by atoms with Gasteiger partial charge < -0.3 is 4.98 Å². The molecule has 0 atom stereocenters. The number of nitrogens with one attached hydrogen (secondary N) is 1. The van der Waals surface area contributed by atoms with E-state index in [-0.39, 0.29) is 5.41 Å². The second kappa shape index (κ2) is 4.55. The first-order valence-corrected chi connectivity index (χ1v) is 6.40. The van der Waals surface area contributed by atoms with E-state index in [1.165, 1.54) is 16.7 Å². The number of nitrogens with zero attached hydrogens (tertiary/aromatic N) is 2. The third-order valence-corrected chi connectivity index (χ3v) is 3.39. The lowest BCUT2D eigenvalue weighted by atomic mass is 9.83. The van der Waals surface area contributed by atoms with Crippen LogP contribution in [-0.2, 0) is 5.41 Å². The molecule has 0 amide bonds. The third-order valence-electron chi connectivity index (χ3n) is 3.39. The monoisotopic (exact) mass is 253 g/mol. The van der Waals surface area contributed by atoms with Gasteiger partial charge in [0.15, 0.2) is 5.69 Å². The summed E-state index contributed by atoms with van der Waals surface area (Å²) in [6.45, 7) is 10.8. The number of aryl methyl sites for hydroxylation is 2. The largest absolute Gasteiger partial charge is 0.343 e. The van der Waals surface area contributed by atoms with Crippen LogP contribution >= 0.6 is 0 Å². The number of nitriles is 1.